The molecule has 1 atom stereocenters. The van der Waals surface area contributed by atoms with E-state index < -0.39 is 0 Å². The number of nitrogens with zero attached hydrogens (tertiary/aromatic N) is 2. The molecule has 1 aromatic heterocycles. The zero-order valence-electron chi connectivity index (χ0n) is 13.3. The van der Waals surface area contributed by atoms with Gasteiger partial charge in [-0.05, 0) is 41.7 Å². The van der Waals surface area contributed by atoms with Crippen molar-refractivity contribution < 1.29 is 4.42 Å². The summed E-state index contributed by atoms with van der Waals surface area (Å²) in [6, 6.07) is 16.6. The molecule has 0 bridgehead atoms. The Morgan fingerprint density at radius 3 is 2.43 bits per heavy atom. The van der Waals surface area contributed by atoms with Crippen molar-refractivity contribution in [3.05, 3.63) is 81.5 Å². The SMILES string of the molecule is Cc1ccccc1C(C)Cc1nnc(Cc2ccc(Br)cc2)o1. The van der Waals surface area contributed by atoms with Gasteiger partial charge in [-0.25, -0.2) is 0 Å². The molecule has 0 fully saturated rings. The average Bonchev–Trinajstić information content (AvgIpc) is 2.97. The molecule has 3 rings (SSSR count). The lowest BCUT2D eigenvalue weighted by atomic mass is 9.94. The summed E-state index contributed by atoms with van der Waals surface area (Å²) in [6.45, 7) is 4.33. The van der Waals surface area contributed by atoms with Crippen molar-refractivity contribution in [3.8, 4) is 0 Å². The van der Waals surface area contributed by atoms with E-state index in [1.165, 1.54) is 11.1 Å². The van der Waals surface area contributed by atoms with Gasteiger partial charge in [-0.1, -0.05) is 59.3 Å². The van der Waals surface area contributed by atoms with Crippen LogP contribution < -0.4 is 0 Å². The van der Waals surface area contributed by atoms with E-state index in [9.17, 15) is 0 Å². The first-order valence-corrected chi connectivity index (χ1v) is 8.52. The van der Waals surface area contributed by atoms with Crippen LogP contribution in [0, 0.1) is 6.92 Å². The van der Waals surface area contributed by atoms with Crippen LogP contribution in [0.5, 0.6) is 0 Å². The molecule has 0 N–H and O–H groups in total. The molecular formula is C19H19BrN2O. The summed E-state index contributed by atoms with van der Waals surface area (Å²) in [5, 5.41) is 8.37. The highest BCUT2D eigenvalue weighted by Crippen LogP contribution is 2.23. The second kappa shape index (κ2) is 7.09. The van der Waals surface area contributed by atoms with E-state index in [-0.39, 0.29) is 0 Å². The molecule has 0 saturated carbocycles. The van der Waals surface area contributed by atoms with Gasteiger partial charge < -0.3 is 4.42 Å². The van der Waals surface area contributed by atoms with Gasteiger partial charge in [0.15, 0.2) is 0 Å². The van der Waals surface area contributed by atoms with Crippen molar-refractivity contribution in [2.75, 3.05) is 0 Å². The Labute approximate surface area is 144 Å². The van der Waals surface area contributed by atoms with E-state index in [0.717, 1.165) is 16.5 Å². The van der Waals surface area contributed by atoms with E-state index in [1.807, 2.05) is 12.1 Å². The van der Waals surface area contributed by atoms with E-state index in [0.29, 0.717) is 24.1 Å². The Hall–Kier alpha value is -1.94. The molecule has 23 heavy (non-hydrogen) atoms. The van der Waals surface area contributed by atoms with E-state index in [1.54, 1.807) is 0 Å². The van der Waals surface area contributed by atoms with Gasteiger partial charge in [0.25, 0.3) is 0 Å². The quantitative estimate of drug-likeness (QED) is 0.628. The fourth-order valence-electron chi connectivity index (χ4n) is 2.73. The number of hydrogen-bond acceptors (Lipinski definition) is 3. The molecule has 2 aromatic carbocycles. The summed E-state index contributed by atoms with van der Waals surface area (Å²) in [4.78, 5) is 0. The molecule has 0 aliphatic rings. The molecule has 1 heterocycles. The molecule has 3 aromatic rings. The second-order valence-corrected chi connectivity index (χ2v) is 6.77. The van der Waals surface area contributed by atoms with Gasteiger partial charge in [0.1, 0.15) is 0 Å². The normalized spacial score (nSPS) is 12.3. The summed E-state index contributed by atoms with van der Waals surface area (Å²) < 4.78 is 6.88. The van der Waals surface area contributed by atoms with E-state index in [4.69, 9.17) is 4.42 Å². The Kier molecular flexibility index (Phi) is 4.91. The van der Waals surface area contributed by atoms with Crippen LogP contribution in [0.2, 0.25) is 0 Å². The maximum atomic E-state index is 5.82. The Morgan fingerprint density at radius 1 is 1.00 bits per heavy atom. The average molecular weight is 371 g/mol. The lowest BCUT2D eigenvalue weighted by Crippen LogP contribution is -2.00. The van der Waals surface area contributed by atoms with Gasteiger partial charge in [0.2, 0.25) is 11.8 Å². The van der Waals surface area contributed by atoms with Crippen LogP contribution in [0.3, 0.4) is 0 Å². The van der Waals surface area contributed by atoms with Crippen molar-refractivity contribution in [1.82, 2.24) is 10.2 Å². The number of halogens is 1. The molecule has 3 nitrogen and oxygen atoms in total. The first-order chi connectivity index (χ1) is 11.1. The van der Waals surface area contributed by atoms with Gasteiger partial charge >= 0.3 is 0 Å². The molecule has 118 valence electrons. The third-order valence-corrected chi connectivity index (χ3v) is 4.51. The zero-order chi connectivity index (χ0) is 16.2. The fourth-order valence-corrected chi connectivity index (χ4v) is 3.00. The highest BCUT2D eigenvalue weighted by atomic mass is 79.9. The smallest absolute Gasteiger partial charge is 0.220 e. The summed E-state index contributed by atoms with van der Waals surface area (Å²) in [5.41, 5.74) is 3.80. The number of aryl methyl sites for hydroxylation is 1. The van der Waals surface area contributed by atoms with Crippen molar-refractivity contribution in [3.63, 3.8) is 0 Å². The third kappa shape index (κ3) is 4.08. The minimum absolute atomic E-state index is 0.359. The maximum Gasteiger partial charge on any atom is 0.220 e. The predicted molar refractivity (Wildman–Crippen MR) is 94.5 cm³/mol. The van der Waals surface area contributed by atoms with E-state index >= 15 is 0 Å². The lowest BCUT2D eigenvalue weighted by Gasteiger charge is -2.12. The maximum absolute atomic E-state index is 5.82. The largest absolute Gasteiger partial charge is 0.425 e. The first kappa shape index (κ1) is 15.9. The van der Waals surface area contributed by atoms with Crippen LogP contribution in [0.15, 0.2) is 57.4 Å². The predicted octanol–water partition coefficient (Wildman–Crippen LogP) is 5.08. The molecular weight excluding hydrogens is 352 g/mol. The van der Waals surface area contributed by atoms with Gasteiger partial charge in [-0.2, -0.15) is 0 Å². The Bertz CT molecular complexity index is 780. The highest BCUT2D eigenvalue weighted by molar-refractivity contribution is 9.10. The van der Waals surface area contributed by atoms with E-state index in [2.05, 4.69) is 76.4 Å². The monoisotopic (exact) mass is 370 g/mol. The minimum Gasteiger partial charge on any atom is -0.425 e. The van der Waals surface area contributed by atoms with Crippen LogP contribution in [0.25, 0.3) is 0 Å². The molecule has 0 aliphatic carbocycles. The third-order valence-electron chi connectivity index (χ3n) is 3.98. The zero-order valence-corrected chi connectivity index (χ0v) is 14.9. The fraction of sp³-hybridized carbons (Fsp3) is 0.263. The molecule has 0 saturated heterocycles. The number of rotatable bonds is 5. The van der Waals surface area contributed by atoms with Crippen LogP contribution in [-0.4, -0.2) is 10.2 Å². The minimum atomic E-state index is 0.359. The molecule has 0 amide bonds. The molecule has 1 unspecified atom stereocenters. The highest BCUT2D eigenvalue weighted by Gasteiger charge is 2.14. The van der Waals surface area contributed by atoms with Crippen molar-refractivity contribution in [2.24, 2.45) is 0 Å². The van der Waals surface area contributed by atoms with Crippen molar-refractivity contribution >= 4 is 15.9 Å². The standard InChI is InChI=1S/C19H19BrN2O/c1-13-5-3-4-6-17(13)14(2)11-18-21-22-19(23-18)12-15-7-9-16(20)10-8-15/h3-10,14H,11-12H2,1-2H3. The molecule has 4 heteroatoms. The number of aromatic nitrogens is 2. The Morgan fingerprint density at radius 2 is 1.70 bits per heavy atom. The van der Waals surface area contributed by atoms with Gasteiger partial charge in [0.05, 0.1) is 6.42 Å². The van der Waals surface area contributed by atoms with Gasteiger partial charge in [-0.3, -0.25) is 0 Å². The number of hydrogen-bond donors (Lipinski definition) is 0. The van der Waals surface area contributed by atoms with Crippen LogP contribution >= 0.6 is 15.9 Å². The summed E-state index contributed by atoms with van der Waals surface area (Å²) in [6.07, 6.45) is 1.43. The lowest BCUT2D eigenvalue weighted by molar-refractivity contribution is 0.445. The van der Waals surface area contributed by atoms with Gasteiger partial charge in [0, 0.05) is 10.9 Å². The van der Waals surface area contributed by atoms with Crippen LogP contribution in [0.1, 0.15) is 41.3 Å². The van der Waals surface area contributed by atoms with Crippen molar-refractivity contribution in [2.45, 2.75) is 32.6 Å². The first-order valence-electron chi connectivity index (χ1n) is 7.73. The molecule has 0 radical (unpaired) electrons. The number of benzene rings is 2. The topological polar surface area (TPSA) is 38.9 Å². The molecule has 0 spiro atoms. The summed E-state index contributed by atoms with van der Waals surface area (Å²) in [5.74, 6) is 1.73. The van der Waals surface area contributed by atoms with Crippen LogP contribution in [-0.2, 0) is 12.8 Å². The summed E-state index contributed by atoms with van der Waals surface area (Å²) >= 11 is 3.44. The molecule has 0 aliphatic heterocycles. The Balaban J connectivity index is 1.67. The second-order valence-electron chi connectivity index (χ2n) is 5.85. The van der Waals surface area contributed by atoms with Gasteiger partial charge in [-0.15, -0.1) is 10.2 Å². The van der Waals surface area contributed by atoms with Crippen molar-refractivity contribution in [1.29, 1.82) is 0 Å². The van der Waals surface area contributed by atoms with Crippen LogP contribution in [0.4, 0.5) is 0 Å². The summed E-state index contributed by atoms with van der Waals surface area (Å²) in [7, 11) is 0.